The van der Waals surface area contributed by atoms with Crippen molar-refractivity contribution >= 4 is 5.82 Å². The Morgan fingerprint density at radius 1 is 1.17 bits per heavy atom. The van der Waals surface area contributed by atoms with E-state index in [2.05, 4.69) is 26.3 Å². The Balaban J connectivity index is 1.50. The molecule has 0 aromatic carbocycles. The van der Waals surface area contributed by atoms with E-state index in [0.29, 0.717) is 6.04 Å². The van der Waals surface area contributed by atoms with E-state index in [0.717, 1.165) is 31.7 Å². The van der Waals surface area contributed by atoms with Crippen molar-refractivity contribution in [3.8, 4) is 0 Å². The Morgan fingerprint density at radius 3 is 2.94 bits per heavy atom. The molecule has 0 unspecified atom stereocenters. The third kappa shape index (κ3) is 1.50. The summed E-state index contributed by atoms with van der Waals surface area (Å²) in [6.45, 7) is 1.96. The maximum atomic E-state index is 4.34. The number of hydrogen-bond donors (Lipinski definition) is 0. The van der Waals surface area contributed by atoms with E-state index < -0.39 is 0 Å². The van der Waals surface area contributed by atoms with Gasteiger partial charge in [-0.3, -0.25) is 4.68 Å². The van der Waals surface area contributed by atoms with Crippen LogP contribution in [0, 0.1) is 0 Å². The molecule has 0 spiro atoms. The Labute approximate surface area is 105 Å². The summed E-state index contributed by atoms with van der Waals surface area (Å²) in [6, 6.07) is 4.67. The van der Waals surface area contributed by atoms with Crippen LogP contribution in [0.4, 0.5) is 5.82 Å². The molecule has 3 heterocycles. The Hall–Kier alpha value is -1.91. The molecule has 2 aromatic heterocycles. The van der Waals surface area contributed by atoms with E-state index in [-0.39, 0.29) is 0 Å². The monoisotopic (exact) mass is 241 g/mol. The van der Waals surface area contributed by atoms with E-state index in [9.17, 15) is 0 Å². The summed E-state index contributed by atoms with van der Waals surface area (Å²) >= 11 is 0. The Bertz CT molecular complexity index is 557. The summed E-state index contributed by atoms with van der Waals surface area (Å²) < 4.78 is 2.03. The van der Waals surface area contributed by atoms with Gasteiger partial charge in [0.05, 0.1) is 11.7 Å². The molecule has 0 bridgehead atoms. The van der Waals surface area contributed by atoms with E-state index >= 15 is 0 Å². The van der Waals surface area contributed by atoms with Gasteiger partial charge >= 0.3 is 0 Å². The van der Waals surface area contributed by atoms with Crippen LogP contribution >= 0.6 is 0 Å². The van der Waals surface area contributed by atoms with E-state index in [1.165, 1.54) is 17.7 Å². The van der Waals surface area contributed by atoms with Gasteiger partial charge in [-0.15, -0.1) is 5.10 Å². The van der Waals surface area contributed by atoms with Gasteiger partial charge in [-0.1, -0.05) is 0 Å². The number of fused-ring (bicyclic) bond motifs is 1. The van der Waals surface area contributed by atoms with E-state index in [1.54, 1.807) is 0 Å². The highest BCUT2D eigenvalue weighted by Gasteiger charge is 2.30. The van der Waals surface area contributed by atoms with Gasteiger partial charge in [-0.25, -0.2) is 0 Å². The van der Waals surface area contributed by atoms with Crippen molar-refractivity contribution in [2.24, 2.45) is 0 Å². The first-order valence-electron chi connectivity index (χ1n) is 6.50. The number of aromatic nitrogens is 4. The number of aryl methyl sites for hydroxylation is 2. The minimum atomic E-state index is 0.482. The molecule has 5 heteroatoms. The molecule has 1 aliphatic heterocycles. The molecule has 2 aromatic rings. The molecule has 1 aliphatic carbocycles. The standard InChI is InChI=1S/C13H15N5/c1-3-10-7-13(16-15-12(10)4-1)17-8-11(9-17)18-6-2-5-14-18/h2,5-7,11H,1,3-4,8-9H2. The Kier molecular flexibility index (Phi) is 2.12. The molecule has 0 atom stereocenters. The topological polar surface area (TPSA) is 46.8 Å². The number of anilines is 1. The molecule has 0 N–H and O–H groups in total. The first-order chi connectivity index (χ1) is 8.90. The maximum Gasteiger partial charge on any atom is 0.151 e. The van der Waals surface area contributed by atoms with Crippen molar-refractivity contribution < 1.29 is 0 Å². The quantitative estimate of drug-likeness (QED) is 0.793. The van der Waals surface area contributed by atoms with Crippen molar-refractivity contribution in [1.82, 2.24) is 20.0 Å². The summed E-state index contributed by atoms with van der Waals surface area (Å²) in [7, 11) is 0. The predicted octanol–water partition coefficient (Wildman–Crippen LogP) is 1.22. The van der Waals surface area contributed by atoms with E-state index in [4.69, 9.17) is 0 Å². The molecule has 4 rings (SSSR count). The van der Waals surface area contributed by atoms with Gasteiger partial charge in [0.1, 0.15) is 0 Å². The number of hydrogen-bond acceptors (Lipinski definition) is 4. The largest absolute Gasteiger partial charge is 0.351 e. The molecule has 0 amide bonds. The second-order valence-electron chi connectivity index (χ2n) is 5.07. The van der Waals surface area contributed by atoms with Gasteiger partial charge in [0.25, 0.3) is 0 Å². The molecule has 2 aliphatic rings. The molecule has 0 saturated carbocycles. The fourth-order valence-corrected chi connectivity index (χ4v) is 2.78. The van der Waals surface area contributed by atoms with Crippen LogP contribution in [-0.2, 0) is 12.8 Å². The van der Waals surface area contributed by atoms with Gasteiger partial charge in [0.2, 0.25) is 0 Å². The highest BCUT2D eigenvalue weighted by Crippen LogP contribution is 2.28. The van der Waals surface area contributed by atoms with Crippen LogP contribution < -0.4 is 4.90 Å². The fourth-order valence-electron chi connectivity index (χ4n) is 2.78. The molecule has 18 heavy (non-hydrogen) atoms. The lowest BCUT2D eigenvalue weighted by atomic mass is 10.1. The number of rotatable bonds is 2. The zero-order valence-electron chi connectivity index (χ0n) is 10.2. The van der Waals surface area contributed by atoms with Crippen LogP contribution in [0.15, 0.2) is 24.5 Å². The molecule has 1 fully saturated rings. The average Bonchev–Trinajstić information content (AvgIpc) is 2.96. The first-order valence-corrected chi connectivity index (χ1v) is 6.50. The predicted molar refractivity (Wildman–Crippen MR) is 67.5 cm³/mol. The lowest BCUT2D eigenvalue weighted by Gasteiger charge is -2.39. The zero-order valence-corrected chi connectivity index (χ0v) is 10.2. The lowest BCUT2D eigenvalue weighted by Crippen LogP contribution is -2.48. The second kappa shape index (κ2) is 3.80. The third-order valence-electron chi connectivity index (χ3n) is 3.89. The summed E-state index contributed by atoms with van der Waals surface area (Å²) in [5, 5.41) is 12.9. The van der Waals surface area contributed by atoms with Gasteiger partial charge in [-0.2, -0.15) is 10.2 Å². The van der Waals surface area contributed by atoms with Crippen LogP contribution in [-0.4, -0.2) is 33.1 Å². The third-order valence-corrected chi connectivity index (χ3v) is 3.89. The highest BCUT2D eigenvalue weighted by atomic mass is 15.4. The minimum absolute atomic E-state index is 0.482. The summed E-state index contributed by atoms with van der Waals surface area (Å²) in [6.07, 6.45) is 7.34. The van der Waals surface area contributed by atoms with Crippen LogP contribution in [0.1, 0.15) is 23.7 Å². The SMILES string of the molecule is c1cnn(C2CN(c3cc4c(nn3)CCC4)C2)c1. The fraction of sp³-hybridized carbons (Fsp3) is 0.462. The molecular formula is C13H15N5. The van der Waals surface area contributed by atoms with Crippen molar-refractivity contribution in [3.05, 3.63) is 35.8 Å². The van der Waals surface area contributed by atoms with Crippen molar-refractivity contribution in [2.75, 3.05) is 18.0 Å². The molecule has 92 valence electrons. The van der Waals surface area contributed by atoms with Crippen molar-refractivity contribution in [3.63, 3.8) is 0 Å². The average molecular weight is 241 g/mol. The van der Waals surface area contributed by atoms with Crippen LogP contribution in [0.5, 0.6) is 0 Å². The molecule has 1 saturated heterocycles. The minimum Gasteiger partial charge on any atom is -0.351 e. The van der Waals surface area contributed by atoms with Crippen LogP contribution in [0.2, 0.25) is 0 Å². The zero-order chi connectivity index (χ0) is 11.9. The van der Waals surface area contributed by atoms with Gasteiger partial charge < -0.3 is 4.90 Å². The van der Waals surface area contributed by atoms with Gasteiger partial charge in [0.15, 0.2) is 5.82 Å². The summed E-state index contributed by atoms with van der Waals surface area (Å²) in [4.78, 5) is 2.28. The maximum absolute atomic E-state index is 4.34. The summed E-state index contributed by atoms with van der Waals surface area (Å²) in [5.41, 5.74) is 2.59. The van der Waals surface area contributed by atoms with Crippen molar-refractivity contribution in [1.29, 1.82) is 0 Å². The smallest absolute Gasteiger partial charge is 0.151 e. The molecule has 0 radical (unpaired) electrons. The highest BCUT2D eigenvalue weighted by molar-refractivity contribution is 5.45. The number of nitrogens with zero attached hydrogens (tertiary/aromatic N) is 5. The van der Waals surface area contributed by atoms with Gasteiger partial charge in [0, 0.05) is 25.5 Å². The lowest BCUT2D eigenvalue weighted by molar-refractivity contribution is 0.365. The van der Waals surface area contributed by atoms with Crippen LogP contribution in [0.3, 0.4) is 0 Å². The van der Waals surface area contributed by atoms with E-state index in [1.807, 2.05) is 23.1 Å². The molecular weight excluding hydrogens is 226 g/mol. The van der Waals surface area contributed by atoms with Gasteiger partial charge in [-0.05, 0) is 37.0 Å². The second-order valence-corrected chi connectivity index (χ2v) is 5.07. The first kappa shape index (κ1) is 10.1. The van der Waals surface area contributed by atoms with Crippen LogP contribution in [0.25, 0.3) is 0 Å². The summed E-state index contributed by atoms with van der Waals surface area (Å²) in [5.74, 6) is 1.03. The Morgan fingerprint density at radius 2 is 2.11 bits per heavy atom. The van der Waals surface area contributed by atoms with Crippen molar-refractivity contribution in [2.45, 2.75) is 25.3 Å². The molecule has 5 nitrogen and oxygen atoms in total. The normalized spacial score (nSPS) is 18.8.